The summed E-state index contributed by atoms with van der Waals surface area (Å²) in [6.07, 6.45) is 3.07. The molecule has 0 bridgehead atoms. The maximum absolute atomic E-state index is 5.97. The van der Waals surface area contributed by atoms with Crippen molar-refractivity contribution in [2.24, 2.45) is 11.1 Å². The summed E-state index contributed by atoms with van der Waals surface area (Å²) in [7, 11) is 3.38. The standard InChI is InChI=1S/C15H25NO2/c1-5-15(6-2,11-16)10-12-9-13(17-3)7-8-14(12)18-4/h7-9H,5-6,10-11,16H2,1-4H3. The van der Waals surface area contributed by atoms with Crippen LogP contribution in [0.1, 0.15) is 32.3 Å². The number of nitrogens with two attached hydrogens (primary N) is 1. The first kappa shape index (κ1) is 14.8. The normalized spacial score (nSPS) is 11.4. The molecule has 0 heterocycles. The van der Waals surface area contributed by atoms with Crippen molar-refractivity contribution in [1.82, 2.24) is 0 Å². The quantitative estimate of drug-likeness (QED) is 0.810. The second kappa shape index (κ2) is 6.64. The van der Waals surface area contributed by atoms with Gasteiger partial charge in [0.1, 0.15) is 11.5 Å². The number of hydrogen-bond donors (Lipinski definition) is 1. The average molecular weight is 251 g/mol. The van der Waals surface area contributed by atoms with Crippen LogP contribution in [0.3, 0.4) is 0 Å². The van der Waals surface area contributed by atoms with Crippen molar-refractivity contribution in [1.29, 1.82) is 0 Å². The van der Waals surface area contributed by atoms with E-state index in [9.17, 15) is 0 Å². The lowest BCUT2D eigenvalue weighted by Crippen LogP contribution is -2.31. The number of rotatable bonds is 7. The minimum atomic E-state index is 0.152. The van der Waals surface area contributed by atoms with Crippen molar-refractivity contribution in [3.8, 4) is 11.5 Å². The van der Waals surface area contributed by atoms with Gasteiger partial charge in [-0.25, -0.2) is 0 Å². The Labute approximate surface area is 110 Å². The minimum absolute atomic E-state index is 0.152. The van der Waals surface area contributed by atoms with E-state index in [0.717, 1.165) is 30.8 Å². The van der Waals surface area contributed by atoms with Crippen LogP contribution in [0, 0.1) is 5.41 Å². The van der Waals surface area contributed by atoms with Gasteiger partial charge in [-0.1, -0.05) is 13.8 Å². The van der Waals surface area contributed by atoms with Crippen LogP contribution >= 0.6 is 0 Å². The molecular weight excluding hydrogens is 226 g/mol. The molecule has 0 aliphatic carbocycles. The second-order valence-electron chi connectivity index (χ2n) is 4.77. The van der Waals surface area contributed by atoms with Gasteiger partial charge in [-0.05, 0) is 55.0 Å². The van der Waals surface area contributed by atoms with E-state index in [-0.39, 0.29) is 5.41 Å². The molecule has 0 fully saturated rings. The van der Waals surface area contributed by atoms with Gasteiger partial charge >= 0.3 is 0 Å². The third kappa shape index (κ3) is 3.16. The summed E-state index contributed by atoms with van der Waals surface area (Å²) in [6.45, 7) is 5.09. The van der Waals surface area contributed by atoms with E-state index in [4.69, 9.17) is 15.2 Å². The third-order valence-corrected chi connectivity index (χ3v) is 3.99. The van der Waals surface area contributed by atoms with Gasteiger partial charge in [-0.15, -0.1) is 0 Å². The predicted octanol–water partition coefficient (Wildman–Crippen LogP) is 3.01. The highest BCUT2D eigenvalue weighted by Crippen LogP contribution is 2.34. The Hall–Kier alpha value is -1.22. The van der Waals surface area contributed by atoms with Gasteiger partial charge in [0.2, 0.25) is 0 Å². The molecule has 0 aromatic heterocycles. The van der Waals surface area contributed by atoms with Gasteiger partial charge in [0, 0.05) is 0 Å². The van der Waals surface area contributed by atoms with E-state index in [1.54, 1.807) is 14.2 Å². The Kier molecular flexibility index (Phi) is 5.48. The molecule has 1 rings (SSSR count). The molecule has 2 N–H and O–H groups in total. The molecule has 0 amide bonds. The molecule has 0 spiro atoms. The Bertz CT molecular complexity index is 364. The van der Waals surface area contributed by atoms with E-state index < -0.39 is 0 Å². The summed E-state index contributed by atoms with van der Waals surface area (Å²) >= 11 is 0. The predicted molar refractivity (Wildman–Crippen MR) is 75.3 cm³/mol. The number of hydrogen-bond acceptors (Lipinski definition) is 3. The molecule has 1 aromatic rings. The lowest BCUT2D eigenvalue weighted by molar-refractivity contribution is 0.266. The van der Waals surface area contributed by atoms with Crippen molar-refractivity contribution in [3.05, 3.63) is 23.8 Å². The lowest BCUT2D eigenvalue weighted by Gasteiger charge is -2.31. The van der Waals surface area contributed by atoms with Crippen LogP contribution in [0.2, 0.25) is 0 Å². The molecular formula is C15H25NO2. The van der Waals surface area contributed by atoms with Gasteiger partial charge in [0.25, 0.3) is 0 Å². The van der Waals surface area contributed by atoms with Crippen LogP contribution in [0.4, 0.5) is 0 Å². The summed E-state index contributed by atoms with van der Waals surface area (Å²) in [4.78, 5) is 0. The molecule has 102 valence electrons. The van der Waals surface area contributed by atoms with Gasteiger partial charge < -0.3 is 15.2 Å². The van der Waals surface area contributed by atoms with Crippen molar-refractivity contribution >= 4 is 0 Å². The molecule has 18 heavy (non-hydrogen) atoms. The summed E-state index contributed by atoms with van der Waals surface area (Å²) in [5.74, 6) is 1.78. The molecule has 0 atom stereocenters. The topological polar surface area (TPSA) is 44.5 Å². The van der Waals surface area contributed by atoms with Crippen LogP contribution in [0.15, 0.2) is 18.2 Å². The Morgan fingerprint density at radius 1 is 1.11 bits per heavy atom. The molecule has 0 radical (unpaired) electrons. The fourth-order valence-corrected chi connectivity index (χ4v) is 2.28. The van der Waals surface area contributed by atoms with Gasteiger partial charge in [0.15, 0.2) is 0 Å². The first-order valence-corrected chi connectivity index (χ1v) is 6.55. The highest BCUT2D eigenvalue weighted by atomic mass is 16.5. The zero-order valence-corrected chi connectivity index (χ0v) is 12.0. The Balaban J connectivity index is 3.06. The summed E-state index contributed by atoms with van der Waals surface area (Å²) < 4.78 is 10.7. The molecule has 0 unspecified atom stereocenters. The molecule has 0 saturated heterocycles. The van der Waals surface area contributed by atoms with Crippen LogP contribution in [-0.2, 0) is 6.42 Å². The summed E-state index contributed by atoms with van der Waals surface area (Å²) in [5.41, 5.74) is 7.29. The van der Waals surface area contributed by atoms with E-state index in [1.165, 1.54) is 5.56 Å². The van der Waals surface area contributed by atoms with Gasteiger partial charge in [-0.2, -0.15) is 0 Å². The fraction of sp³-hybridized carbons (Fsp3) is 0.600. The average Bonchev–Trinajstić information content (AvgIpc) is 2.44. The number of methoxy groups -OCH3 is 2. The number of ether oxygens (including phenoxy) is 2. The highest BCUT2D eigenvalue weighted by Gasteiger charge is 2.26. The third-order valence-electron chi connectivity index (χ3n) is 3.99. The SMILES string of the molecule is CCC(CC)(CN)Cc1cc(OC)ccc1OC. The molecule has 0 saturated carbocycles. The Morgan fingerprint density at radius 3 is 2.22 bits per heavy atom. The maximum atomic E-state index is 5.97. The molecule has 0 aliphatic rings. The molecule has 3 nitrogen and oxygen atoms in total. The van der Waals surface area contributed by atoms with Crippen molar-refractivity contribution in [2.45, 2.75) is 33.1 Å². The minimum Gasteiger partial charge on any atom is -0.497 e. The lowest BCUT2D eigenvalue weighted by atomic mass is 9.77. The zero-order valence-electron chi connectivity index (χ0n) is 12.0. The Morgan fingerprint density at radius 2 is 1.78 bits per heavy atom. The van der Waals surface area contributed by atoms with Crippen LogP contribution < -0.4 is 15.2 Å². The van der Waals surface area contributed by atoms with Crippen LogP contribution in [0.25, 0.3) is 0 Å². The molecule has 0 aliphatic heterocycles. The van der Waals surface area contributed by atoms with Gasteiger partial charge in [-0.3, -0.25) is 0 Å². The summed E-state index contributed by atoms with van der Waals surface area (Å²) in [5, 5.41) is 0. The monoisotopic (exact) mass is 251 g/mol. The van der Waals surface area contributed by atoms with Crippen molar-refractivity contribution < 1.29 is 9.47 Å². The van der Waals surface area contributed by atoms with Crippen molar-refractivity contribution in [3.63, 3.8) is 0 Å². The van der Waals surface area contributed by atoms with E-state index in [2.05, 4.69) is 19.9 Å². The smallest absolute Gasteiger partial charge is 0.122 e. The first-order valence-electron chi connectivity index (χ1n) is 6.55. The van der Waals surface area contributed by atoms with E-state index in [0.29, 0.717) is 6.54 Å². The first-order chi connectivity index (χ1) is 8.64. The van der Waals surface area contributed by atoms with Crippen LogP contribution in [-0.4, -0.2) is 20.8 Å². The highest BCUT2D eigenvalue weighted by molar-refractivity contribution is 5.41. The van der Waals surface area contributed by atoms with Crippen molar-refractivity contribution in [2.75, 3.05) is 20.8 Å². The summed E-state index contributed by atoms with van der Waals surface area (Å²) in [6, 6.07) is 5.93. The maximum Gasteiger partial charge on any atom is 0.122 e. The number of benzene rings is 1. The van der Waals surface area contributed by atoms with E-state index >= 15 is 0 Å². The van der Waals surface area contributed by atoms with Crippen LogP contribution in [0.5, 0.6) is 11.5 Å². The molecule has 3 heteroatoms. The zero-order chi connectivity index (χ0) is 13.6. The van der Waals surface area contributed by atoms with E-state index in [1.807, 2.05) is 12.1 Å². The largest absolute Gasteiger partial charge is 0.497 e. The fourth-order valence-electron chi connectivity index (χ4n) is 2.28. The second-order valence-corrected chi connectivity index (χ2v) is 4.77. The molecule has 1 aromatic carbocycles. The van der Waals surface area contributed by atoms with Gasteiger partial charge in [0.05, 0.1) is 14.2 Å².